The molecule has 0 spiro atoms. The third kappa shape index (κ3) is 6.66. The zero-order valence-corrected chi connectivity index (χ0v) is 14.3. The van der Waals surface area contributed by atoms with E-state index in [0.29, 0.717) is 0 Å². The van der Waals surface area contributed by atoms with Gasteiger partial charge in [0.15, 0.2) is 0 Å². The summed E-state index contributed by atoms with van der Waals surface area (Å²) in [4.78, 5) is 21.1. The predicted octanol–water partition coefficient (Wildman–Crippen LogP) is 1.09. The van der Waals surface area contributed by atoms with Gasteiger partial charge in [0.1, 0.15) is 0 Å². The second-order valence-electron chi connectivity index (χ2n) is 3.01. The van der Waals surface area contributed by atoms with Gasteiger partial charge in [-0.2, -0.15) is 0 Å². The minimum absolute atomic E-state index is 1.23. The molecule has 16 heavy (non-hydrogen) atoms. The number of hydrogen-bond acceptors (Lipinski definition) is 5. The first-order chi connectivity index (χ1) is 6.92. The molecule has 0 aliphatic rings. The second-order valence-corrected chi connectivity index (χ2v) is 30.5. The predicted molar refractivity (Wildman–Crippen MR) is 66.6 cm³/mol. The first kappa shape index (κ1) is 17.0. The number of aliphatic carboxylic acids is 2. The third-order valence-electron chi connectivity index (χ3n) is 1.43. The van der Waals surface area contributed by atoms with E-state index in [1.54, 1.807) is 0 Å². The summed E-state index contributed by atoms with van der Waals surface area (Å²) < 4.78 is 19.9. The first-order valence-electron chi connectivity index (χ1n) is 4.07. The summed E-state index contributed by atoms with van der Waals surface area (Å²) >= 11 is 2.94. The van der Waals surface area contributed by atoms with Gasteiger partial charge in [-0.25, -0.2) is 0 Å². The van der Waals surface area contributed by atoms with Gasteiger partial charge in [-0.15, -0.1) is 0 Å². The Morgan fingerprint density at radius 3 is 1.50 bits per heavy atom. The average molecular weight is 497 g/mol. The molecule has 0 rings (SSSR count). The van der Waals surface area contributed by atoms with Gasteiger partial charge >= 0.3 is 115 Å². The van der Waals surface area contributed by atoms with E-state index in [1.807, 2.05) is 0 Å². The molecule has 0 bridgehead atoms. The van der Waals surface area contributed by atoms with Crippen LogP contribution in [0.3, 0.4) is 0 Å². The second kappa shape index (κ2) is 5.76. The van der Waals surface area contributed by atoms with E-state index in [1.165, 1.54) is 52.2 Å². The number of carbonyl (C=O) groups is 2. The van der Waals surface area contributed by atoms with E-state index in [4.69, 9.17) is 16.8 Å². The summed E-state index contributed by atoms with van der Waals surface area (Å²) in [7, 11) is -4.95. The molecule has 0 fully saturated rings. The fourth-order valence-corrected chi connectivity index (χ4v) is 9.17. The summed E-state index contributed by atoms with van der Waals surface area (Å²) in [6.45, 7) is 2.46. The molecular formula is C6H11I2O7Ti. The van der Waals surface area contributed by atoms with Gasteiger partial charge in [0.25, 0.3) is 0 Å². The number of rotatable bonds is 6. The Hall–Kier alpha value is 0.994. The average Bonchev–Trinajstić information content (AvgIpc) is 2.00. The quantitative estimate of drug-likeness (QED) is 0.373. The van der Waals surface area contributed by atoms with Crippen LogP contribution in [-0.2, 0) is 25.2 Å². The van der Waals surface area contributed by atoms with Crippen LogP contribution in [0.4, 0.5) is 0 Å². The molecule has 10 heteroatoms. The van der Waals surface area contributed by atoms with Crippen molar-refractivity contribution >= 4 is 50.3 Å². The molecule has 95 valence electrons. The van der Waals surface area contributed by atoms with Crippen molar-refractivity contribution in [3.8, 4) is 0 Å². The SMILES string of the molecule is CC([O][Ti]([OH])([I])([I])[O]C(C)C(=O)O)C(=O)O. The van der Waals surface area contributed by atoms with Gasteiger partial charge in [0.2, 0.25) is 0 Å². The van der Waals surface area contributed by atoms with Gasteiger partial charge in [-0.1, -0.05) is 0 Å². The maximum absolute atomic E-state index is 10.6. The summed E-state index contributed by atoms with van der Waals surface area (Å²) in [6.07, 6.45) is -2.53. The topological polar surface area (TPSA) is 113 Å². The molecule has 3 N–H and O–H groups in total. The molecule has 2 unspecified atom stereocenters. The van der Waals surface area contributed by atoms with Crippen LogP contribution < -0.4 is 0 Å². The van der Waals surface area contributed by atoms with Crippen LogP contribution in [0.1, 0.15) is 13.8 Å². The minimum atomic E-state index is -4.95. The Morgan fingerprint density at radius 2 is 1.31 bits per heavy atom. The monoisotopic (exact) mass is 497 g/mol. The van der Waals surface area contributed by atoms with Crippen molar-refractivity contribution in [2.45, 2.75) is 26.1 Å². The molecule has 0 saturated carbocycles. The molecule has 0 aromatic heterocycles. The van der Waals surface area contributed by atoms with Gasteiger partial charge in [-0.3, -0.25) is 0 Å². The van der Waals surface area contributed by atoms with Gasteiger partial charge < -0.3 is 0 Å². The molecule has 2 atom stereocenters. The fourth-order valence-electron chi connectivity index (χ4n) is 0.698. The van der Waals surface area contributed by atoms with E-state index in [0.717, 1.165) is 0 Å². The van der Waals surface area contributed by atoms with Gasteiger partial charge in [0.05, 0.1) is 0 Å². The maximum atomic E-state index is 10.6. The molecule has 0 aromatic rings. The van der Waals surface area contributed by atoms with Crippen LogP contribution in [0.2, 0.25) is 0 Å². The normalized spacial score (nSPS) is 18.2. The Bertz CT molecular complexity index is 273. The van der Waals surface area contributed by atoms with Crippen molar-refractivity contribution in [3.05, 3.63) is 0 Å². The number of carboxylic acid groups (broad SMARTS) is 2. The summed E-state index contributed by atoms with van der Waals surface area (Å²) in [5, 5.41) is 17.2. The number of halogens is 2. The van der Waals surface area contributed by atoms with E-state index in [2.05, 4.69) is 0 Å². The Labute approximate surface area is 114 Å². The molecule has 0 aromatic carbocycles. The van der Waals surface area contributed by atoms with Crippen molar-refractivity contribution in [2.75, 3.05) is 0 Å². The summed E-state index contributed by atoms with van der Waals surface area (Å²) in [5.41, 5.74) is 0. The zero-order chi connectivity index (χ0) is 13.2. The summed E-state index contributed by atoms with van der Waals surface area (Å²) in [5.74, 6) is -2.52. The van der Waals surface area contributed by atoms with E-state index in [-0.39, 0.29) is 0 Å². The van der Waals surface area contributed by atoms with Crippen molar-refractivity contribution < 1.29 is 39.1 Å². The summed E-state index contributed by atoms with van der Waals surface area (Å²) in [6, 6.07) is 0. The molecule has 0 amide bonds. The zero-order valence-electron chi connectivity index (χ0n) is 8.39. The standard InChI is InChI=1S/2C3H5O3.2HI.H2O.Ti/c2*1-2(4)3(5)6;;;;/h2*2H,1H3,(H,5,6);2*1H;1H2;/q2*-1;;;;+5/p-3. The van der Waals surface area contributed by atoms with Crippen molar-refractivity contribution in [1.29, 1.82) is 0 Å². The van der Waals surface area contributed by atoms with Crippen LogP contribution >= 0.6 is 38.4 Å². The van der Waals surface area contributed by atoms with Crippen LogP contribution in [0, 0.1) is 0 Å². The Kier molecular flexibility index (Phi) is 6.11. The van der Waals surface area contributed by atoms with Crippen molar-refractivity contribution in [2.24, 2.45) is 0 Å². The molecule has 7 nitrogen and oxygen atoms in total. The number of carboxylic acids is 2. The van der Waals surface area contributed by atoms with Gasteiger partial charge in [-0.05, 0) is 0 Å². The molecule has 0 heterocycles. The Balaban J connectivity index is 4.70. The number of hydrogen-bond donors (Lipinski definition) is 3. The molecule has 0 aliphatic heterocycles. The van der Waals surface area contributed by atoms with Crippen molar-refractivity contribution in [1.82, 2.24) is 0 Å². The first-order valence-corrected chi connectivity index (χ1v) is 16.1. The van der Waals surface area contributed by atoms with E-state index < -0.39 is 33.1 Å². The third-order valence-corrected chi connectivity index (χ3v) is 7.91. The van der Waals surface area contributed by atoms with Gasteiger partial charge in [0, 0.05) is 0 Å². The van der Waals surface area contributed by atoms with Crippen LogP contribution in [0.25, 0.3) is 0 Å². The van der Waals surface area contributed by atoms with Crippen LogP contribution in [0.5, 0.6) is 0 Å². The van der Waals surface area contributed by atoms with Crippen molar-refractivity contribution in [3.63, 3.8) is 0 Å². The molecule has 0 radical (unpaired) electrons. The Morgan fingerprint density at radius 1 is 1.06 bits per heavy atom. The molecule has 0 aliphatic carbocycles. The van der Waals surface area contributed by atoms with Crippen LogP contribution in [-0.4, -0.2) is 38.0 Å². The van der Waals surface area contributed by atoms with E-state index in [9.17, 15) is 13.3 Å². The molecular weight excluding hydrogens is 486 g/mol. The fraction of sp³-hybridized carbons (Fsp3) is 0.667. The van der Waals surface area contributed by atoms with Crippen LogP contribution in [0.15, 0.2) is 0 Å². The van der Waals surface area contributed by atoms with E-state index >= 15 is 0 Å². The molecule has 0 saturated heterocycles.